The van der Waals surface area contributed by atoms with Crippen LogP contribution in [0.3, 0.4) is 0 Å². The van der Waals surface area contributed by atoms with Crippen LogP contribution in [-0.2, 0) is 13.0 Å². The Kier molecular flexibility index (Phi) is 3.77. The van der Waals surface area contributed by atoms with Crippen molar-refractivity contribution in [3.8, 4) is 0 Å². The fourth-order valence-corrected chi connectivity index (χ4v) is 4.26. The smallest absolute Gasteiger partial charge is 0.0704 e. The van der Waals surface area contributed by atoms with Crippen molar-refractivity contribution in [2.75, 3.05) is 6.54 Å². The maximum absolute atomic E-state index is 3.97. The van der Waals surface area contributed by atoms with Gasteiger partial charge in [-0.2, -0.15) is 0 Å². The second kappa shape index (κ2) is 5.50. The molecule has 18 heavy (non-hydrogen) atoms. The van der Waals surface area contributed by atoms with Crippen LogP contribution in [-0.4, -0.2) is 21.5 Å². The molecule has 2 aromatic rings. The van der Waals surface area contributed by atoms with E-state index in [9.17, 15) is 0 Å². The van der Waals surface area contributed by atoms with Crippen molar-refractivity contribution in [3.63, 3.8) is 0 Å². The van der Waals surface area contributed by atoms with Gasteiger partial charge in [0.05, 0.1) is 16.5 Å². The van der Waals surface area contributed by atoms with Gasteiger partial charge in [0.1, 0.15) is 0 Å². The maximum atomic E-state index is 3.97. The minimum Gasteiger partial charge on any atom is -0.308 e. The molecule has 4 nitrogen and oxygen atoms in total. The molecule has 1 unspecified atom stereocenters. The van der Waals surface area contributed by atoms with E-state index in [1.807, 2.05) is 22.2 Å². The molecule has 2 heterocycles. The predicted molar refractivity (Wildman–Crippen MR) is 75.7 cm³/mol. The second-order valence-corrected chi connectivity index (χ2v) is 7.01. The Balaban J connectivity index is 1.60. The first kappa shape index (κ1) is 12.3. The zero-order chi connectivity index (χ0) is 12.4. The van der Waals surface area contributed by atoms with Gasteiger partial charge in [-0.3, -0.25) is 4.68 Å². The molecule has 0 radical (unpaired) electrons. The van der Waals surface area contributed by atoms with Crippen molar-refractivity contribution >= 4 is 27.3 Å². The lowest BCUT2D eigenvalue weighted by Crippen LogP contribution is -2.27. The van der Waals surface area contributed by atoms with Crippen molar-refractivity contribution < 1.29 is 0 Å². The number of fused-ring (bicyclic) bond motifs is 1. The molecule has 0 saturated carbocycles. The van der Waals surface area contributed by atoms with Gasteiger partial charge in [0, 0.05) is 23.7 Å². The molecule has 0 amide bonds. The van der Waals surface area contributed by atoms with Crippen molar-refractivity contribution in [2.24, 2.45) is 0 Å². The number of thiophene rings is 1. The molecule has 6 heteroatoms. The van der Waals surface area contributed by atoms with E-state index < -0.39 is 0 Å². The highest BCUT2D eigenvalue weighted by Gasteiger charge is 2.21. The van der Waals surface area contributed by atoms with Gasteiger partial charge in [-0.1, -0.05) is 5.21 Å². The highest BCUT2D eigenvalue weighted by molar-refractivity contribution is 9.11. The fourth-order valence-electron chi connectivity index (χ4n) is 2.44. The molecular formula is C12H15BrN4S. The Morgan fingerprint density at radius 3 is 3.33 bits per heavy atom. The molecule has 2 aromatic heterocycles. The third kappa shape index (κ3) is 2.65. The quantitative estimate of drug-likeness (QED) is 0.939. The molecule has 0 aromatic carbocycles. The van der Waals surface area contributed by atoms with Crippen LogP contribution in [0, 0.1) is 0 Å². The van der Waals surface area contributed by atoms with Crippen LogP contribution in [0.4, 0.5) is 0 Å². The average Bonchev–Trinajstić information content (AvgIpc) is 2.97. The van der Waals surface area contributed by atoms with Crippen LogP contribution in [0.2, 0.25) is 0 Å². The number of nitrogens with one attached hydrogen (secondary N) is 1. The third-order valence-electron chi connectivity index (χ3n) is 3.29. The zero-order valence-corrected chi connectivity index (χ0v) is 12.4. The number of nitrogens with zero attached hydrogens (tertiary/aromatic N) is 3. The molecule has 0 spiro atoms. The number of aryl methyl sites for hydroxylation is 1. The molecule has 1 atom stereocenters. The summed E-state index contributed by atoms with van der Waals surface area (Å²) in [5.74, 6) is 0. The van der Waals surface area contributed by atoms with Gasteiger partial charge < -0.3 is 5.32 Å². The maximum Gasteiger partial charge on any atom is 0.0704 e. The Morgan fingerprint density at radius 2 is 2.50 bits per heavy atom. The molecule has 1 aliphatic rings. The SMILES string of the molecule is Brc1cc2c(s1)CCCC2NCCn1ccnn1. The van der Waals surface area contributed by atoms with E-state index >= 15 is 0 Å². The molecule has 0 saturated heterocycles. The lowest BCUT2D eigenvalue weighted by atomic mass is 9.94. The monoisotopic (exact) mass is 326 g/mol. The van der Waals surface area contributed by atoms with Gasteiger partial charge >= 0.3 is 0 Å². The van der Waals surface area contributed by atoms with Gasteiger partial charge in [-0.25, -0.2) is 0 Å². The summed E-state index contributed by atoms with van der Waals surface area (Å²) >= 11 is 5.46. The lowest BCUT2D eigenvalue weighted by Gasteiger charge is -2.23. The highest BCUT2D eigenvalue weighted by atomic mass is 79.9. The van der Waals surface area contributed by atoms with Crippen LogP contribution in [0.5, 0.6) is 0 Å². The van der Waals surface area contributed by atoms with Gasteiger partial charge in [0.2, 0.25) is 0 Å². The van der Waals surface area contributed by atoms with Gasteiger partial charge in [-0.15, -0.1) is 16.4 Å². The summed E-state index contributed by atoms with van der Waals surface area (Å²) in [7, 11) is 0. The number of hydrogen-bond acceptors (Lipinski definition) is 4. The predicted octanol–water partition coefficient (Wildman–Crippen LogP) is 2.77. The van der Waals surface area contributed by atoms with E-state index in [4.69, 9.17) is 0 Å². The van der Waals surface area contributed by atoms with Crippen LogP contribution < -0.4 is 5.32 Å². The highest BCUT2D eigenvalue weighted by Crippen LogP contribution is 2.37. The molecule has 1 N–H and O–H groups in total. The molecule has 0 bridgehead atoms. The summed E-state index contributed by atoms with van der Waals surface area (Å²) in [4.78, 5) is 1.53. The van der Waals surface area contributed by atoms with E-state index in [1.165, 1.54) is 33.5 Å². The summed E-state index contributed by atoms with van der Waals surface area (Å²) in [6.45, 7) is 1.80. The van der Waals surface area contributed by atoms with Crippen LogP contribution in [0.1, 0.15) is 29.3 Å². The van der Waals surface area contributed by atoms with Crippen molar-refractivity contribution in [2.45, 2.75) is 31.8 Å². The first-order chi connectivity index (χ1) is 8.83. The van der Waals surface area contributed by atoms with Crippen LogP contribution in [0.25, 0.3) is 0 Å². The number of hydrogen-bond donors (Lipinski definition) is 1. The van der Waals surface area contributed by atoms with Gasteiger partial charge in [0.25, 0.3) is 0 Å². The molecule has 1 aliphatic carbocycles. The molecule has 0 aliphatic heterocycles. The fraction of sp³-hybridized carbons (Fsp3) is 0.500. The van der Waals surface area contributed by atoms with Crippen LogP contribution in [0.15, 0.2) is 22.2 Å². The minimum absolute atomic E-state index is 0.500. The largest absolute Gasteiger partial charge is 0.308 e. The van der Waals surface area contributed by atoms with Crippen LogP contribution >= 0.6 is 27.3 Å². The van der Waals surface area contributed by atoms with Crippen molar-refractivity contribution in [3.05, 3.63) is 32.7 Å². The first-order valence-electron chi connectivity index (χ1n) is 6.18. The van der Waals surface area contributed by atoms with Gasteiger partial charge in [0.15, 0.2) is 0 Å². The second-order valence-electron chi connectivity index (χ2n) is 4.49. The minimum atomic E-state index is 0.500. The number of halogens is 1. The molecule has 0 fully saturated rings. The van der Waals surface area contributed by atoms with Crippen molar-refractivity contribution in [1.29, 1.82) is 0 Å². The summed E-state index contributed by atoms with van der Waals surface area (Å²) in [6, 6.07) is 2.77. The molecule has 3 rings (SSSR count). The van der Waals surface area contributed by atoms with Crippen molar-refractivity contribution in [1.82, 2.24) is 20.3 Å². The lowest BCUT2D eigenvalue weighted by molar-refractivity contribution is 0.437. The van der Waals surface area contributed by atoms with E-state index in [0.29, 0.717) is 6.04 Å². The molecule has 96 valence electrons. The zero-order valence-electron chi connectivity index (χ0n) is 9.97. The summed E-state index contributed by atoms with van der Waals surface area (Å²) < 4.78 is 3.11. The van der Waals surface area contributed by atoms with E-state index in [-0.39, 0.29) is 0 Å². The van der Waals surface area contributed by atoms with E-state index in [0.717, 1.165) is 13.1 Å². The standard InChI is InChI=1S/C12H15BrN4S/c13-12-8-9-10(2-1-3-11(9)18-12)14-4-6-17-7-5-15-16-17/h5,7-8,10,14H,1-4,6H2. The summed E-state index contributed by atoms with van der Waals surface area (Å²) in [5.41, 5.74) is 1.48. The molecular weight excluding hydrogens is 312 g/mol. The average molecular weight is 327 g/mol. The first-order valence-corrected chi connectivity index (χ1v) is 7.79. The van der Waals surface area contributed by atoms with Gasteiger partial charge in [-0.05, 0) is 46.8 Å². The Morgan fingerprint density at radius 1 is 1.56 bits per heavy atom. The Hall–Kier alpha value is -0.720. The van der Waals surface area contributed by atoms with E-state index in [1.54, 1.807) is 6.20 Å². The number of aromatic nitrogens is 3. The summed E-state index contributed by atoms with van der Waals surface area (Å²) in [6.07, 6.45) is 7.35. The summed E-state index contributed by atoms with van der Waals surface area (Å²) in [5, 5.41) is 11.4. The third-order valence-corrected chi connectivity index (χ3v) is 5.00. The number of rotatable bonds is 4. The normalized spacial score (nSPS) is 18.8. The topological polar surface area (TPSA) is 42.7 Å². The van der Waals surface area contributed by atoms with E-state index in [2.05, 4.69) is 37.6 Å². The Bertz CT molecular complexity index is 508. The Labute approximate surface area is 119 Å².